The van der Waals surface area contributed by atoms with Crippen LogP contribution in [0.15, 0.2) is 23.1 Å². The molecule has 102 valence electrons. The fourth-order valence-corrected chi connectivity index (χ4v) is 2.55. The average Bonchev–Trinajstić information content (AvgIpc) is 2.76. The Balaban J connectivity index is 2.22. The lowest BCUT2D eigenvalue weighted by molar-refractivity contribution is -0.126. The van der Waals surface area contributed by atoms with E-state index in [0.717, 1.165) is 10.5 Å². The van der Waals surface area contributed by atoms with Gasteiger partial charge in [0.15, 0.2) is 0 Å². The molecule has 0 radical (unpaired) electrons. The standard InChI is InChI=1S/C14H18N2O2S/c1-9-3-4-10(19)7-11(9)12(17)16-6-5-14(2,8-16)13(15)18/h3-4,7,19H,5-6,8H2,1-2H3,(H2,15,18). The summed E-state index contributed by atoms with van der Waals surface area (Å²) in [5.41, 5.74) is 6.34. The number of amides is 2. The number of carbonyl (C=O) groups is 2. The molecule has 0 aliphatic carbocycles. The van der Waals surface area contributed by atoms with Crippen molar-refractivity contribution >= 4 is 24.4 Å². The number of benzene rings is 1. The number of nitrogens with zero attached hydrogens (tertiary/aromatic N) is 1. The van der Waals surface area contributed by atoms with Crippen molar-refractivity contribution in [2.75, 3.05) is 13.1 Å². The third-order valence-corrected chi connectivity index (χ3v) is 4.09. The number of hydrogen-bond donors (Lipinski definition) is 2. The molecule has 5 heteroatoms. The highest BCUT2D eigenvalue weighted by Gasteiger charge is 2.40. The fourth-order valence-electron chi connectivity index (χ4n) is 2.35. The second-order valence-corrected chi connectivity index (χ2v) is 5.92. The first-order chi connectivity index (χ1) is 8.83. The number of thiol groups is 1. The summed E-state index contributed by atoms with van der Waals surface area (Å²) >= 11 is 4.26. The molecule has 19 heavy (non-hydrogen) atoms. The van der Waals surface area contributed by atoms with Crippen LogP contribution in [0.2, 0.25) is 0 Å². The average molecular weight is 278 g/mol. The number of hydrogen-bond acceptors (Lipinski definition) is 3. The van der Waals surface area contributed by atoms with E-state index in [-0.39, 0.29) is 11.8 Å². The van der Waals surface area contributed by atoms with Crippen molar-refractivity contribution in [1.82, 2.24) is 4.90 Å². The highest BCUT2D eigenvalue weighted by atomic mass is 32.1. The van der Waals surface area contributed by atoms with Gasteiger partial charge < -0.3 is 10.6 Å². The van der Waals surface area contributed by atoms with Crippen LogP contribution in [-0.4, -0.2) is 29.8 Å². The quantitative estimate of drug-likeness (QED) is 0.808. The summed E-state index contributed by atoms with van der Waals surface area (Å²) in [7, 11) is 0. The van der Waals surface area contributed by atoms with Gasteiger partial charge in [0.25, 0.3) is 5.91 Å². The van der Waals surface area contributed by atoms with Crippen LogP contribution in [0.1, 0.15) is 29.3 Å². The van der Waals surface area contributed by atoms with Gasteiger partial charge in [0.05, 0.1) is 5.41 Å². The zero-order chi connectivity index (χ0) is 14.2. The van der Waals surface area contributed by atoms with E-state index >= 15 is 0 Å². The molecule has 1 aromatic carbocycles. The fraction of sp³-hybridized carbons (Fsp3) is 0.429. The van der Waals surface area contributed by atoms with E-state index in [0.29, 0.717) is 25.1 Å². The van der Waals surface area contributed by atoms with E-state index in [1.165, 1.54) is 0 Å². The molecule has 0 bridgehead atoms. The Bertz CT molecular complexity index is 544. The third kappa shape index (κ3) is 2.61. The predicted octanol–water partition coefficient (Wildman–Crippen LogP) is 1.62. The van der Waals surface area contributed by atoms with Gasteiger partial charge in [-0.3, -0.25) is 9.59 Å². The van der Waals surface area contributed by atoms with Gasteiger partial charge in [0, 0.05) is 23.5 Å². The molecule has 1 aliphatic rings. The molecule has 2 rings (SSSR count). The predicted molar refractivity (Wildman–Crippen MR) is 76.3 cm³/mol. The van der Waals surface area contributed by atoms with Gasteiger partial charge in [-0.25, -0.2) is 0 Å². The number of primary amides is 1. The number of carbonyl (C=O) groups excluding carboxylic acids is 2. The van der Waals surface area contributed by atoms with Crippen molar-refractivity contribution in [3.05, 3.63) is 29.3 Å². The first-order valence-corrected chi connectivity index (χ1v) is 6.67. The van der Waals surface area contributed by atoms with Crippen LogP contribution in [0.5, 0.6) is 0 Å². The molecule has 0 spiro atoms. The lowest BCUT2D eigenvalue weighted by Crippen LogP contribution is -2.38. The maximum atomic E-state index is 12.5. The molecule has 0 saturated carbocycles. The van der Waals surface area contributed by atoms with Crippen molar-refractivity contribution < 1.29 is 9.59 Å². The van der Waals surface area contributed by atoms with Crippen LogP contribution in [0.3, 0.4) is 0 Å². The van der Waals surface area contributed by atoms with E-state index in [9.17, 15) is 9.59 Å². The zero-order valence-electron chi connectivity index (χ0n) is 11.1. The van der Waals surface area contributed by atoms with Gasteiger partial charge >= 0.3 is 0 Å². The second kappa shape index (κ2) is 4.89. The summed E-state index contributed by atoms with van der Waals surface area (Å²) < 4.78 is 0. The molecule has 1 fully saturated rings. The van der Waals surface area contributed by atoms with Crippen LogP contribution in [0, 0.1) is 12.3 Å². The third-order valence-electron chi connectivity index (χ3n) is 3.81. The second-order valence-electron chi connectivity index (χ2n) is 5.40. The van der Waals surface area contributed by atoms with E-state index in [1.807, 2.05) is 26.0 Å². The van der Waals surface area contributed by atoms with Crippen LogP contribution in [0.25, 0.3) is 0 Å². The highest BCUT2D eigenvalue weighted by Crippen LogP contribution is 2.31. The Morgan fingerprint density at radius 3 is 2.68 bits per heavy atom. The molecule has 1 saturated heterocycles. The normalized spacial score (nSPS) is 22.6. The number of rotatable bonds is 2. The van der Waals surface area contributed by atoms with Gasteiger partial charge in [0.2, 0.25) is 5.91 Å². The van der Waals surface area contributed by atoms with Crippen molar-refractivity contribution in [3.63, 3.8) is 0 Å². The molecule has 1 heterocycles. The van der Waals surface area contributed by atoms with Gasteiger partial charge in [-0.1, -0.05) is 6.07 Å². The minimum Gasteiger partial charge on any atom is -0.369 e. The van der Waals surface area contributed by atoms with Crippen LogP contribution in [-0.2, 0) is 4.79 Å². The molecule has 1 unspecified atom stereocenters. The van der Waals surface area contributed by atoms with E-state index in [1.54, 1.807) is 11.0 Å². The Hall–Kier alpha value is -1.49. The Kier molecular flexibility index (Phi) is 3.58. The summed E-state index contributed by atoms with van der Waals surface area (Å²) in [4.78, 5) is 26.3. The van der Waals surface area contributed by atoms with Crippen molar-refractivity contribution in [2.24, 2.45) is 11.1 Å². The lowest BCUT2D eigenvalue weighted by atomic mass is 9.89. The first kappa shape index (κ1) is 13.9. The van der Waals surface area contributed by atoms with E-state index in [4.69, 9.17) is 5.73 Å². The molecular formula is C14H18N2O2S. The van der Waals surface area contributed by atoms with Crippen molar-refractivity contribution in [1.29, 1.82) is 0 Å². The summed E-state index contributed by atoms with van der Waals surface area (Å²) in [6, 6.07) is 5.49. The topological polar surface area (TPSA) is 63.4 Å². The molecule has 1 aromatic rings. The smallest absolute Gasteiger partial charge is 0.254 e. The number of likely N-dealkylation sites (tertiary alicyclic amines) is 1. The van der Waals surface area contributed by atoms with Crippen molar-refractivity contribution in [2.45, 2.75) is 25.2 Å². The summed E-state index contributed by atoms with van der Waals surface area (Å²) in [5.74, 6) is -0.402. The minimum atomic E-state index is -0.609. The molecule has 0 aromatic heterocycles. The number of aryl methyl sites for hydroxylation is 1. The van der Waals surface area contributed by atoms with Crippen LogP contribution < -0.4 is 5.73 Å². The molecule has 4 nitrogen and oxygen atoms in total. The minimum absolute atomic E-state index is 0.0571. The van der Waals surface area contributed by atoms with Gasteiger partial charge in [-0.05, 0) is 38.0 Å². The van der Waals surface area contributed by atoms with Gasteiger partial charge in [-0.15, -0.1) is 12.6 Å². The SMILES string of the molecule is Cc1ccc(S)cc1C(=O)N1CCC(C)(C(N)=O)C1. The Labute approximate surface area is 118 Å². The molecule has 1 atom stereocenters. The summed E-state index contributed by atoms with van der Waals surface area (Å²) in [6.45, 7) is 4.65. The maximum Gasteiger partial charge on any atom is 0.254 e. The molecular weight excluding hydrogens is 260 g/mol. The largest absolute Gasteiger partial charge is 0.369 e. The Morgan fingerprint density at radius 2 is 2.11 bits per heavy atom. The summed E-state index contributed by atoms with van der Waals surface area (Å²) in [6.07, 6.45) is 0.619. The monoisotopic (exact) mass is 278 g/mol. The molecule has 2 amide bonds. The van der Waals surface area contributed by atoms with Crippen LogP contribution >= 0.6 is 12.6 Å². The Morgan fingerprint density at radius 1 is 1.42 bits per heavy atom. The van der Waals surface area contributed by atoms with E-state index < -0.39 is 5.41 Å². The maximum absolute atomic E-state index is 12.5. The van der Waals surface area contributed by atoms with Gasteiger partial charge in [0.1, 0.15) is 0 Å². The zero-order valence-corrected chi connectivity index (χ0v) is 12.0. The molecule has 2 N–H and O–H groups in total. The number of nitrogens with two attached hydrogens (primary N) is 1. The van der Waals surface area contributed by atoms with Crippen LogP contribution in [0.4, 0.5) is 0 Å². The molecule has 1 aliphatic heterocycles. The summed E-state index contributed by atoms with van der Waals surface area (Å²) in [5, 5.41) is 0. The lowest BCUT2D eigenvalue weighted by Gasteiger charge is -2.21. The highest BCUT2D eigenvalue weighted by molar-refractivity contribution is 7.80. The van der Waals surface area contributed by atoms with Crippen molar-refractivity contribution in [3.8, 4) is 0 Å². The van der Waals surface area contributed by atoms with E-state index in [2.05, 4.69) is 12.6 Å². The first-order valence-electron chi connectivity index (χ1n) is 6.22. The van der Waals surface area contributed by atoms with Gasteiger partial charge in [-0.2, -0.15) is 0 Å².